The fourth-order valence-corrected chi connectivity index (χ4v) is 9.68. The van der Waals surface area contributed by atoms with E-state index in [4.69, 9.17) is 25.8 Å². The molecule has 1 saturated heterocycles. The maximum absolute atomic E-state index is 14.7. The number of benzene rings is 3. The van der Waals surface area contributed by atoms with Crippen LogP contribution < -0.4 is 5.32 Å². The number of carbonyl (C=O) groups excluding carboxylic acids is 4. The van der Waals surface area contributed by atoms with E-state index in [1.807, 2.05) is 0 Å². The number of aliphatic hydroxyl groups is 5. The molecular formula is C43H46Ac2ClNO12. The van der Waals surface area contributed by atoms with Gasteiger partial charge in [-0.1, -0.05) is 74.0 Å². The van der Waals surface area contributed by atoms with Gasteiger partial charge in [-0.3, -0.25) is 9.59 Å². The summed E-state index contributed by atoms with van der Waals surface area (Å²) in [5.74, 6) is -5.17. The van der Waals surface area contributed by atoms with Gasteiger partial charge in [-0.2, -0.15) is 0 Å². The van der Waals surface area contributed by atoms with Crippen LogP contribution in [0.15, 0.2) is 96.1 Å². The first-order valence-electron chi connectivity index (χ1n) is 18.8. The van der Waals surface area contributed by atoms with E-state index in [9.17, 15) is 44.7 Å². The molecule has 0 spiro atoms. The summed E-state index contributed by atoms with van der Waals surface area (Å²) in [6.45, 7) is 5.68. The first-order valence-corrected chi connectivity index (χ1v) is 19.2. The van der Waals surface area contributed by atoms with Crippen LogP contribution >= 0.6 is 11.6 Å². The van der Waals surface area contributed by atoms with E-state index < -0.39 is 101 Å². The van der Waals surface area contributed by atoms with E-state index in [-0.39, 0.29) is 123 Å². The van der Waals surface area contributed by atoms with Crippen molar-refractivity contribution in [1.82, 2.24) is 5.32 Å². The topological polar surface area (TPSA) is 209 Å². The molecule has 4 aliphatic rings. The molecule has 6 N–H and O–H groups in total. The molecule has 13 nitrogen and oxygen atoms in total. The van der Waals surface area contributed by atoms with E-state index in [0.29, 0.717) is 10.6 Å². The molecule has 2 saturated carbocycles. The number of hydrogen-bond donors (Lipinski definition) is 6. The van der Waals surface area contributed by atoms with Gasteiger partial charge in [0.15, 0.2) is 11.9 Å². The first-order chi connectivity index (χ1) is 26.9. The van der Waals surface area contributed by atoms with Crippen LogP contribution in [-0.2, 0) is 23.8 Å². The van der Waals surface area contributed by atoms with Gasteiger partial charge in [0.05, 0.1) is 35.8 Å². The maximum Gasteiger partial charge on any atom is 0.338 e. The zero-order valence-corrected chi connectivity index (χ0v) is 43.2. The molecule has 3 aliphatic carbocycles. The third-order valence-electron chi connectivity index (χ3n) is 13.0. The Morgan fingerprint density at radius 2 is 1.47 bits per heavy atom. The zero-order valence-electron chi connectivity index (χ0n) is 32.9. The minimum atomic E-state index is -2.32. The summed E-state index contributed by atoms with van der Waals surface area (Å²) in [5.41, 5.74) is -7.00. The molecule has 2 radical (unpaired) electrons. The van der Waals surface area contributed by atoms with Gasteiger partial charge in [-0.15, -0.1) is 0 Å². The number of fused-ring (bicyclic) bond motifs is 5. The molecule has 7 rings (SSSR count). The van der Waals surface area contributed by atoms with Crippen molar-refractivity contribution in [2.75, 3.05) is 6.61 Å². The summed E-state index contributed by atoms with van der Waals surface area (Å²) in [6, 6.07) is 20.8. The Hall–Kier alpha value is -1.59. The van der Waals surface area contributed by atoms with Crippen molar-refractivity contribution < 1.29 is 147 Å². The van der Waals surface area contributed by atoms with Crippen LogP contribution in [0.5, 0.6) is 0 Å². The second-order valence-corrected chi connectivity index (χ2v) is 16.8. The average Bonchev–Trinajstić information content (AvgIpc) is 3.19. The number of rotatable bonds is 8. The fraction of sp³-hybridized carbons (Fsp3) is 0.442. The van der Waals surface area contributed by atoms with Crippen LogP contribution in [0.25, 0.3) is 0 Å². The third kappa shape index (κ3) is 8.24. The van der Waals surface area contributed by atoms with Gasteiger partial charge in [0.2, 0.25) is 0 Å². The molecule has 1 aliphatic heterocycles. The SMILES string of the molecule is CC1=C2C(O)C(=O)[C@]3(C)C(O)CC4OCC4(O)C3C(OC(=O)c3ccccc3)C(O)(CC1OC(=O)C(O)C(NC(=O)c1ccc(Cl)cc1)c1ccccc1)C2(C)C.[Ac].[Ac]. The molecule has 1 heterocycles. The molecule has 59 heavy (non-hydrogen) atoms. The summed E-state index contributed by atoms with van der Waals surface area (Å²) >= 11 is 6.00. The van der Waals surface area contributed by atoms with Crippen molar-refractivity contribution in [2.24, 2.45) is 16.7 Å². The summed E-state index contributed by atoms with van der Waals surface area (Å²) in [4.78, 5) is 56.1. The predicted molar refractivity (Wildman–Crippen MR) is 204 cm³/mol. The van der Waals surface area contributed by atoms with Gasteiger partial charge < -0.3 is 45.1 Å². The molecule has 3 aromatic carbocycles. The fourth-order valence-electron chi connectivity index (χ4n) is 9.55. The summed E-state index contributed by atoms with van der Waals surface area (Å²) in [5, 5.41) is 64.0. The molecule has 16 heteroatoms. The standard InChI is InChI=1S/C43H46ClNO12.2Ac/c1-22-27(56-39(52)33(48)31(23-11-7-5-8-12-23)45-37(50)24-15-17-26(44)18-16-24)20-43(54)36(57-38(51)25-13-9-6-10-14-25)34-41(4,28(46)19-29-42(34,53)21-55-29)35(49)32(47)30(22)40(43,2)3;;/h5-18,27-29,31-34,36,46-48,53-54H,19-21H2,1-4H3,(H,45,50);;/t27?,28?,29?,31?,32?,33?,34?,36?,41-,42?,43?;;/m1../s1. The number of esters is 2. The van der Waals surface area contributed by atoms with E-state index in [1.54, 1.807) is 62.4 Å². The number of aliphatic hydroxyl groups excluding tert-OH is 3. The Balaban J connectivity index is 0.00000331. The van der Waals surface area contributed by atoms with E-state index >= 15 is 0 Å². The van der Waals surface area contributed by atoms with Crippen molar-refractivity contribution in [3.8, 4) is 0 Å². The zero-order chi connectivity index (χ0) is 41.2. The molecule has 2 bridgehead atoms. The second kappa shape index (κ2) is 18.3. The predicted octanol–water partition coefficient (Wildman–Crippen LogP) is 3.25. The number of Topliss-reactive ketones (excluding diaryl/α,β-unsaturated/α-hetero) is 1. The van der Waals surface area contributed by atoms with Crippen LogP contribution in [0.1, 0.15) is 72.9 Å². The average molecular weight is 1260 g/mol. The largest absolute Gasteiger partial charge is 0.456 e. The number of carbonyl (C=O) groups is 4. The Morgan fingerprint density at radius 3 is 2.05 bits per heavy atom. The van der Waals surface area contributed by atoms with Crippen molar-refractivity contribution in [1.29, 1.82) is 0 Å². The normalized spacial score (nSPS) is 32.7. The van der Waals surface area contributed by atoms with Crippen molar-refractivity contribution >= 4 is 35.2 Å². The van der Waals surface area contributed by atoms with E-state index in [1.165, 1.54) is 50.2 Å². The van der Waals surface area contributed by atoms with Gasteiger partial charge >= 0.3 is 11.9 Å². The summed E-state index contributed by atoms with van der Waals surface area (Å²) in [6.07, 6.45) is -10.4. The van der Waals surface area contributed by atoms with Crippen molar-refractivity contribution in [3.63, 3.8) is 0 Å². The number of halogens is 1. The summed E-state index contributed by atoms with van der Waals surface area (Å²) in [7, 11) is 0. The monoisotopic (exact) mass is 1260 g/mol. The van der Waals surface area contributed by atoms with Gasteiger partial charge in [0.1, 0.15) is 29.5 Å². The number of ether oxygens (including phenoxy) is 3. The third-order valence-corrected chi connectivity index (χ3v) is 13.2. The van der Waals surface area contributed by atoms with Gasteiger partial charge in [-0.05, 0) is 67.0 Å². The van der Waals surface area contributed by atoms with Crippen LogP contribution in [0, 0.1) is 105 Å². The van der Waals surface area contributed by atoms with Crippen molar-refractivity contribution in [3.05, 3.63) is 118 Å². The molecule has 308 valence electrons. The number of amides is 1. The molecule has 11 atom stereocenters. The van der Waals surface area contributed by atoms with Crippen LogP contribution in [0.4, 0.5) is 0 Å². The summed E-state index contributed by atoms with van der Waals surface area (Å²) < 4.78 is 17.9. The maximum atomic E-state index is 14.7. The van der Waals surface area contributed by atoms with Crippen LogP contribution in [0.2, 0.25) is 5.02 Å². The van der Waals surface area contributed by atoms with Crippen molar-refractivity contribution in [2.45, 2.75) is 94.4 Å². The number of ketones is 1. The first kappa shape index (κ1) is 48.4. The Kier molecular flexibility index (Phi) is 15.0. The second-order valence-electron chi connectivity index (χ2n) is 16.4. The Morgan fingerprint density at radius 1 is 0.881 bits per heavy atom. The Labute approximate surface area is 418 Å². The van der Waals surface area contributed by atoms with E-state index in [2.05, 4.69) is 5.32 Å². The molecular weight excluding hydrogens is 1210 g/mol. The minimum absolute atomic E-state index is 0. The van der Waals surface area contributed by atoms with E-state index in [0.717, 1.165) is 0 Å². The number of hydrogen-bond acceptors (Lipinski definition) is 12. The minimum Gasteiger partial charge on any atom is -0.456 e. The van der Waals surface area contributed by atoms with Gasteiger partial charge in [-0.25, -0.2) is 9.59 Å². The molecule has 10 unspecified atom stereocenters. The van der Waals surface area contributed by atoms with Crippen LogP contribution in [0.3, 0.4) is 0 Å². The molecule has 3 aromatic rings. The van der Waals surface area contributed by atoms with Gasteiger partial charge in [0, 0.05) is 123 Å². The molecule has 1 amide bonds. The quantitative estimate of drug-likeness (QED) is 0.142. The number of nitrogens with one attached hydrogen (secondary N) is 1. The smallest absolute Gasteiger partial charge is 0.338 e. The Bertz CT molecular complexity index is 2110. The molecule has 3 fully saturated rings. The van der Waals surface area contributed by atoms with Crippen LogP contribution in [-0.4, -0.2) is 104 Å². The molecule has 0 aromatic heterocycles. The van der Waals surface area contributed by atoms with Gasteiger partial charge in [0.25, 0.3) is 5.91 Å².